The average Bonchev–Trinajstić information content (AvgIpc) is 2.43. The van der Waals surface area contributed by atoms with Crippen LogP contribution in [0.2, 0.25) is 0 Å². The van der Waals surface area contributed by atoms with E-state index in [2.05, 4.69) is 0 Å². The molecule has 1 aromatic rings. The van der Waals surface area contributed by atoms with Crippen LogP contribution in [0.15, 0.2) is 18.2 Å². The predicted octanol–water partition coefficient (Wildman–Crippen LogP) is 1.89. The van der Waals surface area contributed by atoms with Crippen LogP contribution in [0.3, 0.4) is 0 Å². The topological polar surface area (TPSA) is 57.6 Å². The number of rotatable bonds is 4. The highest BCUT2D eigenvalue weighted by Crippen LogP contribution is 2.25. The fourth-order valence-electron chi connectivity index (χ4n) is 2.56. The second kappa shape index (κ2) is 6.37. The molecule has 1 aliphatic rings. The van der Waals surface area contributed by atoms with E-state index < -0.39 is 39.1 Å². The molecule has 0 aromatic heterocycles. The van der Waals surface area contributed by atoms with E-state index in [4.69, 9.17) is 0 Å². The van der Waals surface area contributed by atoms with E-state index in [1.807, 2.05) is 0 Å². The predicted molar refractivity (Wildman–Crippen MR) is 75.0 cm³/mol. The number of aliphatic hydroxyl groups excluding tert-OH is 1. The van der Waals surface area contributed by atoms with Gasteiger partial charge in [0.2, 0.25) is 10.0 Å². The molecule has 1 N–H and O–H groups in total. The number of hydrogen-bond acceptors (Lipinski definition) is 3. The largest absolute Gasteiger partial charge is 0.393 e. The van der Waals surface area contributed by atoms with Crippen molar-refractivity contribution >= 4 is 10.0 Å². The van der Waals surface area contributed by atoms with Gasteiger partial charge in [0.05, 0.1) is 11.9 Å². The Morgan fingerprint density at radius 2 is 2.00 bits per heavy atom. The summed E-state index contributed by atoms with van der Waals surface area (Å²) in [4.78, 5) is 0. The molecule has 0 bridgehead atoms. The number of piperidine rings is 1. The second-order valence-electron chi connectivity index (χ2n) is 5.46. The molecule has 0 radical (unpaired) electrons. The molecule has 0 aliphatic carbocycles. The van der Waals surface area contributed by atoms with Crippen LogP contribution in [-0.4, -0.2) is 37.0 Å². The molecule has 2 atom stereocenters. The fourth-order valence-corrected chi connectivity index (χ4v) is 4.21. The summed E-state index contributed by atoms with van der Waals surface area (Å²) in [5.74, 6) is -2.55. The lowest BCUT2D eigenvalue weighted by Gasteiger charge is -2.33. The summed E-state index contributed by atoms with van der Waals surface area (Å²) in [6.45, 7) is 2.13. The Labute approximate surface area is 123 Å². The molecule has 1 saturated heterocycles. The van der Waals surface area contributed by atoms with Gasteiger partial charge in [-0.15, -0.1) is 0 Å². The Balaban J connectivity index is 2.18. The van der Waals surface area contributed by atoms with Gasteiger partial charge >= 0.3 is 0 Å². The minimum absolute atomic E-state index is 0.140. The summed E-state index contributed by atoms with van der Waals surface area (Å²) in [6, 6.07) is 3.29. The first-order valence-electron chi connectivity index (χ1n) is 6.90. The van der Waals surface area contributed by atoms with E-state index in [-0.39, 0.29) is 12.5 Å². The highest BCUT2D eigenvalue weighted by Gasteiger charge is 2.32. The molecule has 1 fully saturated rings. The van der Waals surface area contributed by atoms with Gasteiger partial charge in [0, 0.05) is 18.7 Å². The van der Waals surface area contributed by atoms with Crippen molar-refractivity contribution in [1.82, 2.24) is 4.31 Å². The van der Waals surface area contributed by atoms with E-state index >= 15 is 0 Å². The van der Waals surface area contributed by atoms with Gasteiger partial charge in [0.1, 0.15) is 11.6 Å². The lowest BCUT2D eigenvalue weighted by atomic mass is 9.95. The number of hydrogen-bond donors (Lipinski definition) is 1. The van der Waals surface area contributed by atoms with Gasteiger partial charge in [-0.05, 0) is 37.8 Å². The molecule has 0 saturated carbocycles. The van der Waals surface area contributed by atoms with Gasteiger partial charge in [-0.1, -0.05) is 6.07 Å². The molecular weight excluding hydrogens is 300 g/mol. The Bertz CT molecular complexity index is 584. The third-order valence-corrected chi connectivity index (χ3v) is 5.66. The van der Waals surface area contributed by atoms with Crippen molar-refractivity contribution < 1.29 is 22.3 Å². The first-order valence-corrected chi connectivity index (χ1v) is 8.51. The molecule has 0 spiro atoms. The van der Waals surface area contributed by atoms with Gasteiger partial charge in [-0.3, -0.25) is 0 Å². The zero-order valence-electron chi connectivity index (χ0n) is 11.8. The lowest BCUT2D eigenvalue weighted by molar-refractivity contribution is 0.0885. The lowest BCUT2D eigenvalue weighted by Crippen LogP contribution is -2.43. The molecule has 118 valence electrons. The molecule has 4 nitrogen and oxygen atoms in total. The Morgan fingerprint density at radius 1 is 1.38 bits per heavy atom. The van der Waals surface area contributed by atoms with Gasteiger partial charge in [-0.25, -0.2) is 21.5 Å². The number of nitrogens with zero attached hydrogens (tertiary/aromatic N) is 1. The number of halogens is 2. The third-order valence-electron chi connectivity index (χ3n) is 3.88. The monoisotopic (exact) mass is 319 g/mol. The van der Waals surface area contributed by atoms with Gasteiger partial charge in [-0.2, -0.15) is 0 Å². The average molecular weight is 319 g/mol. The molecule has 7 heteroatoms. The molecule has 2 unspecified atom stereocenters. The molecular formula is C14H19F2NO3S. The first kappa shape index (κ1) is 16.3. The van der Waals surface area contributed by atoms with Crippen LogP contribution in [0.4, 0.5) is 8.78 Å². The van der Waals surface area contributed by atoms with Crippen molar-refractivity contribution in [3.8, 4) is 0 Å². The second-order valence-corrected chi connectivity index (χ2v) is 7.43. The van der Waals surface area contributed by atoms with Gasteiger partial charge in [0.15, 0.2) is 0 Å². The van der Waals surface area contributed by atoms with Crippen molar-refractivity contribution in [2.45, 2.75) is 31.6 Å². The maximum Gasteiger partial charge on any atom is 0.218 e. The summed E-state index contributed by atoms with van der Waals surface area (Å²) in [6.07, 6.45) is 0.778. The molecule has 1 aliphatic heterocycles. The fraction of sp³-hybridized carbons (Fsp3) is 0.571. The maximum absolute atomic E-state index is 13.6. The summed E-state index contributed by atoms with van der Waals surface area (Å²) < 4.78 is 53.1. The quantitative estimate of drug-likeness (QED) is 0.922. The Hall–Kier alpha value is -1.05. The van der Waals surface area contributed by atoms with E-state index in [1.54, 1.807) is 6.92 Å². The Morgan fingerprint density at radius 3 is 2.57 bits per heavy atom. The SMILES string of the molecule is CC(O)C1CCCN(S(=O)(=O)Cc2c(F)cccc2F)C1. The van der Waals surface area contributed by atoms with Crippen LogP contribution in [0, 0.1) is 17.6 Å². The van der Waals surface area contributed by atoms with Gasteiger partial charge < -0.3 is 5.11 Å². The van der Waals surface area contributed by atoms with E-state index in [9.17, 15) is 22.3 Å². The zero-order valence-corrected chi connectivity index (χ0v) is 12.6. The number of aliphatic hydroxyl groups is 1. The molecule has 2 rings (SSSR count). The van der Waals surface area contributed by atoms with Crippen LogP contribution < -0.4 is 0 Å². The van der Waals surface area contributed by atoms with Crippen molar-refractivity contribution in [2.75, 3.05) is 13.1 Å². The van der Waals surface area contributed by atoms with Crippen LogP contribution in [-0.2, 0) is 15.8 Å². The van der Waals surface area contributed by atoms with Crippen molar-refractivity contribution in [3.05, 3.63) is 35.4 Å². The third kappa shape index (κ3) is 3.78. The van der Waals surface area contributed by atoms with Crippen molar-refractivity contribution in [2.24, 2.45) is 5.92 Å². The smallest absolute Gasteiger partial charge is 0.218 e. The van der Waals surface area contributed by atoms with Crippen LogP contribution in [0.1, 0.15) is 25.3 Å². The van der Waals surface area contributed by atoms with Gasteiger partial charge in [0.25, 0.3) is 0 Å². The van der Waals surface area contributed by atoms with Crippen LogP contribution in [0.25, 0.3) is 0 Å². The zero-order chi connectivity index (χ0) is 15.6. The number of sulfonamides is 1. The normalized spacial score (nSPS) is 22.2. The number of benzene rings is 1. The van der Waals surface area contributed by atoms with Crippen molar-refractivity contribution in [3.63, 3.8) is 0 Å². The van der Waals surface area contributed by atoms with Crippen LogP contribution >= 0.6 is 0 Å². The minimum Gasteiger partial charge on any atom is -0.393 e. The van der Waals surface area contributed by atoms with E-state index in [0.29, 0.717) is 13.0 Å². The molecule has 1 heterocycles. The standard InChI is InChI=1S/C14H19F2NO3S/c1-10(18)11-4-3-7-17(8-11)21(19,20)9-12-13(15)5-2-6-14(12)16/h2,5-6,10-11,18H,3-4,7-9H2,1H3. The summed E-state index contributed by atoms with van der Waals surface area (Å²) >= 11 is 0. The van der Waals surface area contributed by atoms with E-state index in [0.717, 1.165) is 18.6 Å². The van der Waals surface area contributed by atoms with Crippen LogP contribution in [0.5, 0.6) is 0 Å². The summed E-state index contributed by atoms with van der Waals surface area (Å²) in [5.41, 5.74) is -0.434. The highest BCUT2D eigenvalue weighted by atomic mass is 32.2. The highest BCUT2D eigenvalue weighted by molar-refractivity contribution is 7.88. The van der Waals surface area contributed by atoms with Crippen molar-refractivity contribution in [1.29, 1.82) is 0 Å². The minimum atomic E-state index is -3.81. The summed E-state index contributed by atoms with van der Waals surface area (Å²) in [7, 11) is -3.81. The maximum atomic E-state index is 13.6. The first-order chi connectivity index (χ1) is 9.81. The Kier molecular flexibility index (Phi) is 4.95. The molecule has 0 amide bonds. The molecule has 21 heavy (non-hydrogen) atoms. The summed E-state index contributed by atoms with van der Waals surface area (Å²) in [5, 5.41) is 9.60. The van der Waals surface area contributed by atoms with E-state index in [1.165, 1.54) is 10.4 Å². The molecule has 1 aromatic carbocycles.